The molecule has 0 spiro atoms. The summed E-state index contributed by atoms with van der Waals surface area (Å²) in [5.74, 6) is -0.880. The van der Waals surface area contributed by atoms with Gasteiger partial charge in [0.15, 0.2) is 0 Å². The van der Waals surface area contributed by atoms with Gasteiger partial charge in [0.2, 0.25) is 0 Å². The molecule has 0 heterocycles. The van der Waals surface area contributed by atoms with E-state index >= 15 is 0 Å². The number of benzene rings is 1. The van der Waals surface area contributed by atoms with Crippen LogP contribution in [-0.4, -0.2) is 5.11 Å². The van der Waals surface area contributed by atoms with E-state index in [2.05, 4.69) is 0 Å². The molecule has 1 unspecified atom stereocenters. The number of halogens is 2. The zero-order valence-corrected chi connectivity index (χ0v) is 9.06. The normalized spacial score (nSPS) is 22.9. The van der Waals surface area contributed by atoms with Crippen LogP contribution in [0.2, 0.25) is 0 Å². The van der Waals surface area contributed by atoms with Crippen LogP contribution >= 0.6 is 0 Å². The van der Waals surface area contributed by atoms with Crippen molar-refractivity contribution in [1.29, 1.82) is 0 Å². The molecule has 0 amide bonds. The van der Waals surface area contributed by atoms with E-state index in [1.165, 1.54) is 13.0 Å². The number of aryl methyl sites for hydroxylation is 1. The van der Waals surface area contributed by atoms with Gasteiger partial charge < -0.3 is 5.11 Å². The lowest BCUT2D eigenvalue weighted by molar-refractivity contribution is 0.158. The minimum atomic E-state index is -0.885. The Bertz CT molecular complexity index is 424. The number of hydrogen-bond acceptors (Lipinski definition) is 1. The Morgan fingerprint density at radius 3 is 2.60 bits per heavy atom. The molecule has 0 aromatic heterocycles. The van der Waals surface area contributed by atoms with Crippen molar-refractivity contribution in [2.24, 2.45) is 0 Å². The molecule has 1 atom stereocenters. The topological polar surface area (TPSA) is 20.2 Å². The first-order valence-electron chi connectivity index (χ1n) is 5.01. The minimum absolute atomic E-state index is 0.150. The van der Waals surface area contributed by atoms with Gasteiger partial charge in [-0.2, -0.15) is 0 Å². The van der Waals surface area contributed by atoms with Gasteiger partial charge in [0.25, 0.3) is 0 Å². The second-order valence-corrected chi connectivity index (χ2v) is 4.88. The van der Waals surface area contributed by atoms with Gasteiger partial charge in [0.05, 0.1) is 6.10 Å². The molecule has 0 saturated carbocycles. The van der Waals surface area contributed by atoms with E-state index in [1.807, 2.05) is 13.8 Å². The molecule has 0 aliphatic heterocycles. The van der Waals surface area contributed by atoms with E-state index < -0.39 is 23.2 Å². The SMILES string of the molecule is Cc1cc(F)c2c(c1F)C(O)CC2(C)C. The molecule has 0 bridgehead atoms. The third-order valence-electron chi connectivity index (χ3n) is 3.15. The van der Waals surface area contributed by atoms with Crippen molar-refractivity contribution in [3.8, 4) is 0 Å². The fourth-order valence-electron chi connectivity index (χ4n) is 2.46. The van der Waals surface area contributed by atoms with Gasteiger partial charge in [-0.15, -0.1) is 0 Å². The standard InChI is InChI=1S/C12H14F2O/c1-6-4-7(13)10-9(11(6)14)8(15)5-12(10,2)3/h4,8,15H,5H2,1-3H3. The molecule has 0 saturated heterocycles. The van der Waals surface area contributed by atoms with Crippen molar-refractivity contribution in [1.82, 2.24) is 0 Å². The average Bonchev–Trinajstić information content (AvgIpc) is 2.32. The number of rotatable bonds is 0. The summed E-state index contributed by atoms with van der Waals surface area (Å²) in [6.45, 7) is 5.15. The Morgan fingerprint density at radius 2 is 2.00 bits per heavy atom. The molecular formula is C12H14F2O. The molecule has 1 nitrogen and oxygen atoms in total. The van der Waals surface area contributed by atoms with Crippen LogP contribution in [0.4, 0.5) is 8.78 Å². The highest BCUT2D eigenvalue weighted by Gasteiger charge is 2.40. The predicted molar refractivity (Wildman–Crippen MR) is 53.7 cm³/mol. The highest BCUT2D eigenvalue weighted by Crippen LogP contribution is 2.47. The van der Waals surface area contributed by atoms with Crippen molar-refractivity contribution in [2.45, 2.75) is 38.7 Å². The van der Waals surface area contributed by atoms with Crippen LogP contribution in [-0.2, 0) is 5.41 Å². The molecule has 3 heteroatoms. The number of hydrogen-bond donors (Lipinski definition) is 1. The second kappa shape index (κ2) is 3.01. The quantitative estimate of drug-likeness (QED) is 0.701. The van der Waals surface area contributed by atoms with Crippen molar-refractivity contribution in [3.05, 3.63) is 34.4 Å². The fourth-order valence-corrected chi connectivity index (χ4v) is 2.46. The molecule has 0 radical (unpaired) electrons. The Morgan fingerprint density at radius 1 is 1.40 bits per heavy atom. The van der Waals surface area contributed by atoms with Crippen LogP contribution in [0.1, 0.15) is 43.1 Å². The van der Waals surface area contributed by atoms with E-state index in [4.69, 9.17) is 0 Å². The molecule has 82 valence electrons. The van der Waals surface area contributed by atoms with Gasteiger partial charge in [-0.1, -0.05) is 13.8 Å². The first-order valence-corrected chi connectivity index (χ1v) is 5.01. The van der Waals surface area contributed by atoms with E-state index in [1.54, 1.807) is 0 Å². The van der Waals surface area contributed by atoms with Gasteiger partial charge in [-0.3, -0.25) is 0 Å². The summed E-state index contributed by atoms with van der Waals surface area (Å²) in [5.41, 5.74) is 0.242. The second-order valence-electron chi connectivity index (χ2n) is 4.88. The Labute approximate surface area is 87.7 Å². The van der Waals surface area contributed by atoms with Crippen molar-refractivity contribution in [2.75, 3.05) is 0 Å². The number of aliphatic hydroxyl groups excluding tert-OH is 1. The Balaban J connectivity index is 2.78. The van der Waals surface area contributed by atoms with E-state index in [9.17, 15) is 13.9 Å². The zero-order chi connectivity index (χ0) is 11.4. The number of aliphatic hydroxyl groups is 1. The highest BCUT2D eigenvalue weighted by molar-refractivity contribution is 5.44. The third kappa shape index (κ3) is 1.37. The molecule has 1 aliphatic carbocycles. The van der Waals surface area contributed by atoms with Crippen molar-refractivity contribution >= 4 is 0 Å². The number of fused-ring (bicyclic) bond motifs is 1. The molecule has 15 heavy (non-hydrogen) atoms. The van der Waals surface area contributed by atoms with Gasteiger partial charge in [-0.25, -0.2) is 8.78 Å². The fraction of sp³-hybridized carbons (Fsp3) is 0.500. The van der Waals surface area contributed by atoms with Crippen LogP contribution < -0.4 is 0 Å². The lowest BCUT2D eigenvalue weighted by atomic mass is 9.86. The molecule has 1 aliphatic rings. The maximum absolute atomic E-state index is 13.7. The summed E-state index contributed by atoms with van der Waals surface area (Å²) in [4.78, 5) is 0. The lowest BCUT2D eigenvalue weighted by Gasteiger charge is -2.19. The van der Waals surface area contributed by atoms with E-state index in [-0.39, 0.29) is 11.1 Å². The summed E-state index contributed by atoms with van der Waals surface area (Å²) in [5, 5.41) is 9.74. The van der Waals surface area contributed by atoms with Gasteiger partial charge in [0, 0.05) is 11.1 Å². The first kappa shape index (κ1) is 10.6. The van der Waals surface area contributed by atoms with Crippen LogP contribution in [0, 0.1) is 18.6 Å². The predicted octanol–water partition coefficient (Wildman–Crippen LogP) is 2.99. The smallest absolute Gasteiger partial charge is 0.132 e. The lowest BCUT2D eigenvalue weighted by Crippen LogP contribution is -2.14. The van der Waals surface area contributed by atoms with Crippen molar-refractivity contribution in [3.63, 3.8) is 0 Å². The summed E-state index contributed by atoms with van der Waals surface area (Å²) >= 11 is 0. The maximum atomic E-state index is 13.7. The third-order valence-corrected chi connectivity index (χ3v) is 3.15. The van der Waals surface area contributed by atoms with Crippen LogP contribution in [0.25, 0.3) is 0 Å². The Kier molecular flexibility index (Phi) is 2.12. The zero-order valence-electron chi connectivity index (χ0n) is 9.06. The minimum Gasteiger partial charge on any atom is -0.388 e. The summed E-state index contributed by atoms with van der Waals surface area (Å²) in [6.07, 6.45) is -0.510. The van der Waals surface area contributed by atoms with E-state index in [0.717, 1.165) is 0 Å². The van der Waals surface area contributed by atoms with Gasteiger partial charge in [0.1, 0.15) is 11.6 Å². The molecule has 1 aromatic rings. The maximum Gasteiger partial charge on any atom is 0.132 e. The summed E-state index contributed by atoms with van der Waals surface area (Å²) in [6, 6.07) is 1.20. The molecule has 2 rings (SSSR count). The van der Waals surface area contributed by atoms with Crippen LogP contribution in [0.3, 0.4) is 0 Å². The Hall–Kier alpha value is -0.960. The molecular weight excluding hydrogens is 198 g/mol. The summed E-state index contributed by atoms with van der Waals surface area (Å²) < 4.78 is 27.5. The largest absolute Gasteiger partial charge is 0.388 e. The monoisotopic (exact) mass is 212 g/mol. The molecule has 1 N–H and O–H groups in total. The van der Waals surface area contributed by atoms with Crippen LogP contribution in [0.5, 0.6) is 0 Å². The molecule has 1 aromatic carbocycles. The van der Waals surface area contributed by atoms with Crippen molar-refractivity contribution < 1.29 is 13.9 Å². The summed E-state index contributed by atoms with van der Waals surface area (Å²) in [7, 11) is 0. The van der Waals surface area contributed by atoms with Gasteiger partial charge >= 0.3 is 0 Å². The average molecular weight is 212 g/mol. The van der Waals surface area contributed by atoms with Gasteiger partial charge in [-0.05, 0) is 30.4 Å². The van der Waals surface area contributed by atoms with Crippen LogP contribution in [0.15, 0.2) is 6.07 Å². The molecule has 0 fully saturated rings. The highest BCUT2D eigenvalue weighted by atomic mass is 19.1. The first-order chi connectivity index (χ1) is 6.84. The van der Waals surface area contributed by atoms with E-state index in [0.29, 0.717) is 12.0 Å².